The van der Waals surface area contributed by atoms with E-state index in [2.05, 4.69) is 6.07 Å². The number of anilines is 1. The fourth-order valence-corrected chi connectivity index (χ4v) is 2.25. The Morgan fingerprint density at radius 1 is 1.32 bits per heavy atom. The molecule has 1 amide bonds. The average Bonchev–Trinajstić information content (AvgIpc) is 2.44. The molecule has 1 saturated heterocycles. The summed E-state index contributed by atoms with van der Waals surface area (Å²) in [5, 5.41) is 18.0. The van der Waals surface area contributed by atoms with Crippen LogP contribution in [0.5, 0.6) is 0 Å². The molecule has 0 saturated carbocycles. The van der Waals surface area contributed by atoms with E-state index >= 15 is 0 Å². The SMILES string of the molecule is C[C@]1(C#N)C/C(=C\C#N)CN(c2ccccc2)C1=O. The van der Waals surface area contributed by atoms with Crippen LogP contribution in [0.15, 0.2) is 42.0 Å². The van der Waals surface area contributed by atoms with Crippen molar-refractivity contribution in [2.45, 2.75) is 13.3 Å². The predicted octanol–water partition coefficient (Wildman–Crippen LogP) is 2.40. The summed E-state index contributed by atoms with van der Waals surface area (Å²) in [6, 6.07) is 13.3. The Bertz CT molecular complexity index is 607. The van der Waals surface area contributed by atoms with Gasteiger partial charge < -0.3 is 4.90 Å². The topological polar surface area (TPSA) is 67.9 Å². The molecule has 0 unspecified atom stereocenters. The number of allylic oxidation sites excluding steroid dienone is 1. The van der Waals surface area contributed by atoms with E-state index in [4.69, 9.17) is 5.26 Å². The molecule has 1 fully saturated rings. The van der Waals surface area contributed by atoms with Crippen LogP contribution in [0.4, 0.5) is 5.69 Å². The summed E-state index contributed by atoms with van der Waals surface area (Å²) in [6.07, 6.45) is 1.75. The van der Waals surface area contributed by atoms with Gasteiger partial charge >= 0.3 is 0 Å². The van der Waals surface area contributed by atoms with Gasteiger partial charge in [0.05, 0.1) is 12.1 Å². The van der Waals surface area contributed by atoms with Crippen LogP contribution in [-0.2, 0) is 4.79 Å². The maximum absolute atomic E-state index is 12.4. The third-order valence-electron chi connectivity index (χ3n) is 3.24. The van der Waals surface area contributed by atoms with Gasteiger partial charge in [-0.15, -0.1) is 0 Å². The Balaban J connectivity index is 2.44. The van der Waals surface area contributed by atoms with Crippen molar-refractivity contribution in [3.05, 3.63) is 42.0 Å². The molecule has 4 nitrogen and oxygen atoms in total. The minimum absolute atomic E-state index is 0.212. The van der Waals surface area contributed by atoms with E-state index in [0.717, 1.165) is 11.3 Å². The maximum atomic E-state index is 12.4. The number of benzene rings is 1. The molecule has 0 aliphatic carbocycles. The van der Waals surface area contributed by atoms with E-state index in [1.807, 2.05) is 36.4 Å². The zero-order valence-electron chi connectivity index (χ0n) is 10.6. The molecule has 1 aliphatic rings. The smallest absolute Gasteiger partial charge is 0.247 e. The van der Waals surface area contributed by atoms with Crippen LogP contribution in [0.3, 0.4) is 0 Å². The van der Waals surface area contributed by atoms with Gasteiger partial charge in [0.1, 0.15) is 5.41 Å². The minimum atomic E-state index is -1.10. The van der Waals surface area contributed by atoms with E-state index in [1.54, 1.807) is 11.8 Å². The fraction of sp³-hybridized carbons (Fsp3) is 0.267. The Morgan fingerprint density at radius 2 is 2.00 bits per heavy atom. The highest BCUT2D eigenvalue weighted by Crippen LogP contribution is 2.35. The number of piperidine rings is 1. The van der Waals surface area contributed by atoms with Crippen LogP contribution in [-0.4, -0.2) is 12.5 Å². The zero-order chi connectivity index (χ0) is 13.9. The molecule has 94 valence electrons. The Kier molecular flexibility index (Phi) is 3.35. The van der Waals surface area contributed by atoms with Crippen LogP contribution < -0.4 is 4.90 Å². The lowest BCUT2D eigenvalue weighted by molar-refractivity contribution is -0.125. The second-order valence-electron chi connectivity index (χ2n) is 4.78. The number of nitriles is 2. The maximum Gasteiger partial charge on any atom is 0.247 e. The van der Waals surface area contributed by atoms with Crippen molar-refractivity contribution in [3.63, 3.8) is 0 Å². The third-order valence-corrected chi connectivity index (χ3v) is 3.24. The van der Waals surface area contributed by atoms with Gasteiger partial charge in [-0.05, 0) is 31.1 Å². The lowest BCUT2D eigenvalue weighted by Gasteiger charge is -2.36. The van der Waals surface area contributed by atoms with E-state index in [-0.39, 0.29) is 5.91 Å². The quantitative estimate of drug-likeness (QED) is 0.720. The predicted molar refractivity (Wildman–Crippen MR) is 70.8 cm³/mol. The van der Waals surface area contributed by atoms with Gasteiger partial charge in [-0.25, -0.2) is 0 Å². The molecule has 0 aromatic heterocycles. The fourth-order valence-electron chi connectivity index (χ4n) is 2.25. The minimum Gasteiger partial charge on any atom is -0.307 e. The number of para-hydroxylation sites is 1. The van der Waals surface area contributed by atoms with E-state index < -0.39 is 5.41 Å². The highest BCUT2D eigenvalue weighted by Gasteiger charge is 2.42. The van der Waals surface area contributed by atoms with Gasteiger partial charge in [0, 0.05) is 18.3 Å². The molecule has 0 bridgehead atoms. The van der Waals surface area contributed by atoms with Crippen molar-refractivity contribution >= 4 is 11.6 Å². The molecule has 0 spiro atoms. The molecule has 0 N–H and O–H groups in total. The largest absolute Gasteiger partial charge is 0.307 e. The second-order valence-corrected chi connectivity index (χ2v) is 4.78. The number of rotatable bonds is 1. The van der Waals surface area contributed by atoms with Crippen LogP contribution in [0.1, 0.15) is 13.3 Å². The van der Waals surface area contributed by atoms with Gasteiger partial charge in [-0.3, -0.25) is 4.79 Å². The van der Waals surface area contributed by atoms with Crippen molar-refractivity contribution < 1.29 is 4.79 Å². The van der Waals surface area contributed by atoms with Gasteiger partial charge in [-0.1, -0.05) is 18.2 Å². The number of amides is 1. The first kappa shape index (κ1) is 12.9. The van der Waals surface area contributed by atoms with Gasteiger partial charge in [0.15, 0.2) is 0 Å². The number of carbonyl (C=O) groups excluding carboxylic acids is 1. The Morgan fingerprint density at radius 3 is 2.58 bits per heavy atom. The summed E-state index contributed by atoms with van der Waals surface area (Å²) in [7, 11) is 0. The van der Waals surface area contributed by atoms with Gasteiger partial charge in [0.25, 0.3) is 0 Å². The molecule has 1 atom stereocenters. The number of hydrogen-bond donors (Lipinski definition) is 0. The first-order chi connectivity index (χ1) is 9.10. The highest BCUT2D eigenvalue weighted by atomic mass is 16.2. The second kappa shape index (κ2) is 4.96. The highest BCUT2D eigenvalue weighted by molar-refractivity contribution is 6.00. The molecule has 19 heavy (non-hydrogen) atoms. The van der Waals surface area contributed by atoms with Crippen LogP contribution >= 0.6 is 0 Å². The van der Waals surface area contributed by atoms with Crippen LogP contribution in [0.2, 0.25) is 0 Å². The molecular formula is C15H13N3O. The third kappa shape index (κ3) is 2.34. The summed E-state index contributed by atoms with van der Waals surface area (Å²) >= 11 is 0. The Labute approximate surface area is 112 Å². The summed E-state index contributed by atoms with van der Waals surface area (Å²) in [5.41, 5.74) is 0.448. The Hall–Kier alpha value is -2.59. The average molecular weight is 251 g/mol. The molecule has 4 heteroatoms. The number of nitrogens with zero attached hydrogens (tertiary/aromatic N) is 3. The van der Waals surface area contributed by atoms with E-state index in [1.165, 1.54) is 6.08 Å². The van der Waals surface area contributed by atoms with E-state index in [0.29, 0.717) is 13.0 Å². The number of carbonyl (C=O) groups is 1. The molecule has 0 radical (unpaired) electrons. The van der Waals surface area contributed by atoms with Gasteiger partial charge in [-0.2, -0.15) is 10.5 Å². The first-order valence-electron chi connectivity index (χ1n) is 5.96. The standard InChI is InChI=1S/C15H13N3O/c1-15(11-17)9-12(7-8-16)10-18(14(15)19)13-5-3-2-4-6-13/h2-7H,9-10H2,1H3/b12-7+/t15-/m1/s1. The summed E-state index contributed by atoms with van der Waals surface area (Å²) in [5.74, 6) is -0.212. The summed E-state index contributed by atoms with van der Waals surface area (Å²) in [4.78, 5) is 14.0. The zero-order valence-corrected chi connectivity index (χ0v) is 10.6. The molecule has 1 aliphatic heterocycles. The van der Waals surface area contributed by atoms with Crippen molar-refractivity contribution in [2.24, 2.45) is 5.41 Å². The van der Waals surface area contributed by atoms with Crippen molar-refractivity contribution in [1.29, 1.82) is 10.5 Å². The van der Waals surface area contributed by atoms with Crippen LogP contribution in [0.25, 0.3) is 0 Å². The lowest BCUT2D eigenvalue weighted by atomic mass is 9.79. The van der Waals surface area contributed by atoms with Gasteiger partial charge in [0.2, 0.25) is 5.91 Å². The normalized spacial score (nSPS) is 24.9. The molecule has 1 heterocycles. The van der Waals surface area contributed by atoms with Crippen molar-refractivity contribution in [2.75, 3.05) is 11.4 Å². The molecular weight excluding hydrogens is 238 g/mol. The molecule has 2 rings (SSSR count). The number of hydrogen-bond acceptors (Lipinski definition) is 3. The van der Waals surface area contributed by atoms with E-state index in [9.17, 15) is 10.1 Å². The molecule has 1 aromatic carbocycles. The van der Waals surface area contributed by atoms with Crippen LogP contribution in [0, 0.1) is 28.1 Å². The molecule has 1 aromatic rings. The monoisotopic (exact) mass is 251 g/mol. The lowest BCUT2D eigenvalue weighted by Crippen LogP contribution is -2.47. The summed E-state index contributed by atoms with van der Waals surface area (Å²) in [6.45, 7) is 1.99. The summed E-state index contributed by atoms with van der Waals surface area (Å²) < 4.78 is 0. The van der Waals surface area contributed by atoms with Crippen molar-refractivity contribution in [3.8, 4) is 12.1 Å². The van der Waals surface area contributed by atoms with Crippen molar-refractivity contribution in [1.82, 2.24) is 0 Å². The first-order valence-corrected chi connectivity index (χ1v) is 5.96.